The van der Waals surface area contributed by atoms with E-state index >= 15 is 0 Å². The number of hydrogen-bond donors (Lipinski definition) is 2. The van der Waals surface area contributed by atoms with Gasteiger partial charge >= 0.3 is 0 Å². The minimum Gasteiger partial charge on any atom is -0.346 e. The largest absolute Gasteiger partial charge is 0.346 e. The summed E-state index contributed by atoms with van der Waals surface area (Å²) in [6.45, 7) is 3.27. The smallest absolute Gasteiger partial charge is 0.261 e. The first kappa shape index (κ1) is 21.8. The minimum absolute atomic E-state index is 0.0359. The van der Waals surface area contributed by atoms with E-state index in [0.717, 1.165) is 5.56 Å². The van der Waals surface area contributed by atoms with Crippen molar-refractivity contribution >= 4 is 31.5 Å². The number of carbonyl (C=O) groups is 1. The van der Waals surface area contributed by atoms with Gasteiger partial charge < -0.3 is 5.32 Å². The first-order valence-electron chi connectivity index (χ1n) is 9.85. The minimum atomic E-state index is -4.08. The summed E-state index contributed by atoms with van der Waals surface area (Å²) < 4.78 is 65.8. The molecule has 31 heavy (non-hydrogen) atoms. The molecule has 5 rings (SSSR count). The third-order valence-corrected chi connectivity index (χ3v) is 9.01. The fourth-order valence-corrected chi connectivity index (χ4v) is 6.20. The summed E-state index contributed by atoms with van der Waals surface area (Å²) in [5.41, 5.74) is -0.719. The van der Waals surface area contributed by atoms with Crippen molar-refractivity contribution in [3.05, 3.63) is 53.6 Å². The highest BCUT2D eigenvalue weighted by atomic mass is 32.2. The molecule has 0 unspecified atom stereocenters. The van der Waals surface area contributed by atoms with Crippen LogP contribution in [0.25, 0.3) is 0 Å². The summed E-state index contributed by atoms with van der Waals surface area (Å²) in [5.74, 6) is -0.562. The van der Waals surface area contributed by atoms with Crippen LogP contribution in [0.2, 0.25) is 0 Å². The molecule has 3 aliphatic rings. The highest BCUT2D eigenvalue weighted by molar-refractivity contribution is 7.92. The molecule has 2 aromatic rings. The average molecular weight is 467 g/mol. The molecule has 3 fully saturated rings. The highest BCUT2D eigenvalue weighted by Crippen LogP contribution is 2.63. The van der Waals surface area contributed by atoms with Gasteiger partial charge in [-0.1, -0.05) is 13.0 Å². The fourth-order valence-electron chi connectivity index (χ4n) is 4.24. The Hall–Kier alpha value is -2.46. The maximum Gasteiger partial charge on any atom is 0.261 e. The maximum atomic E-state index is 13.8. The Morgan fingerprint density at radius 3 is 2.13 bits per heavy atom. The summed E-state index contributed by atoms with van der Waals surface area (Å²) in [5, 5.41) is 2.84. The van der Waals surface area contributed by atoms with E-state index in [1.807, 2.05) is 0 Å². The number of aryl methyl sites for hydroxylation is 1. The van der Waals surface area contributed by atoms with Crippen LogP contribution in [0, 0.1) is 6.92 Å². The Morgan fingerprint density at radius 1 is 1.00 bits per heavy atom. The maximum absolute atomic E-state index is 13.8. The molecule has 166 valence electrons. The topological polar surface area (TPSA) is 109 Å². The van der Waals surface area contributed by atoms with Crippen LogP contribution in [0.5, 0.6) is 0 Å². The Bertz CT molecular complexity index is 1250. The van der Waals surface area contributed by atoms with Crippen LogP contribution < -0.4 is 10.0 Å². The summed E-state index contributed by atoms with van der Waals surface area (Å²) in [6.07, 6.45) is 0.850. The number of anilines is 1. The molecule has 0 radical (unpaired) electrons. The van der Waals surface area contributed by atoms with Crippen molar-refractivity contribution in [3.63, 3.8) is 0 Å². The van der Waals surface area contributed by atoms with Crippen LogP contribution in [-0.2, 0) is 19.9 Å². The zero-order valence-corrected chi connectivity index (χ0v) is 18.7. The zero-order valence-electron chi connectivity index (χ0n) is 17.1. The lowest BCUT2D eigenvalue weighted by Crippen LogP contribution is -2.76. The molecule has 1 amide bonds. The molecule has 0 spiro atoms. The Kier molecular flexibility index (Phi) is 4.93. The van der Waals surface area contributed by atoms with E-state index in [2.05, 4.69) is 10.0 Å². The number of rotatable bonds is 7. The van der Waals surface area contributed by atoms with E-state index in [0.29, 0.717) is 0 Å². The van der Waals surface area contributed by atoms with Crippen molar-refractivity contribution in [2.75, 3.05) is 10.5 Å². The van der Waals surface area contributed by atoms with Gasteiger partial charge in [-0.05, 0) is 48.9 Å². The lowest BCUT2D eigenvalue weighted by Gasteiger charge is -2.65. The van der Waals surface area contributed by atoms with Crippen LogP contribution in [-0.4, -0.2) is 39.7 Å². The number of benzene rings is 2. The number of nitrogens with one attached hydrogen (secondary N) is 2. The van der Waals surface area contributed by atoms with Crippen LogP contribution in [0.3, 0.4) is 0 Å². The van der Waals surface area contributed by atoms with Gasteiger partial charge in [0, 0.05) is 24.8 Å². The van der Waals surface area contributed by atoms with Crippen molar-refractivity contribution in [2.24, 2.45) is 0 Å². The molecule has 0 heterocycles. The molecule has 0 atom stereocenters. The standard InChI is InChI=1S/C21H23FN2O5S2/c1-3-30(26,27)15-5-7-16(8-6-15)31(28,29)24-18-10-14(2)4-9-17(18)19(25)23-21-11-20(22,12-21)13-21/h4-10,24H,3,11-13H2,1-2H3,(H,23,25). The lowest BCUT2D eigenvalue weighted by atomic mass is 9.47. The van der Waals surface area contributed by atoms with E-state index in [1.54, 1.807) is 19.1 Å². The van der Waals surface area contributed by atoms with E-state index in [9.17, 15) is 26.0 Å². The van der Waals surface area contributed by atoms with Gasteiger partial charge in [-0.3, -0.25) is 9.52 Å². The Morgan fingerprint density at radius 2 is 1.58 bits per heavy atom. The number of carbonyl (C=O) groups excluding carboxylic acids is 1. The van der Waals surface area contributed by atoms with Crippen LogP contribution in [0.1, 0.15) is 42.1 Å². The SMILES string of the molecule is CCS(=O)(=O)c1ccc(S(=O)(=O)Nc2cc(C)ccc2C(=O)NC23CC(F)(C2)C3)cc1. The van der Waals surface area contributed by atoms with Crippen molar-refractivity contribution in [3.8, 4) is 0 Å². The third-order valence-electron chi connectivity index (χ3n) is 5.88. The van der Waals surface area contributed by atoms with Gasteiger partial charge in [-0.2, -0.15) is 0 Å². The van der Waals surface area contributed by atoms with Crippen molar-refractivity contribution in [2.45, 2.75) is 54.1 Å². The molecule has 0 saturated heterocycles. The van der Waals surface area contributed by atoms with Gasteiger partial charge in [0.1, 0.15) is 5.67 Å². The molecular formula is C21H23FN2O5S2. The predicted octanol–water partition coefficient (Wildman–Crippen LogP) is 2.96. The average Bonchev–Trinajstić information content (AvgIpc) is 2.65. The fraction of sp³-hybridized carbons (Fsp3) is 0.381. The molecule has 3 aliphatic carbocycles. The second kappa shape index (κ2) is 7.03. The molecule has 2 aromatic carbocycles. The number of hydrogen-bond acceptors (Lipinski definition) is 5. The summed E-state index contributed by atoms with van der Waals surface area (Å²) >= 11 is 0. The quantitative estimate of drug-likeness (QED) is 0.652. The predicted molar refractivity (Wildman–Crippen MR) is 114 cm³/mol. The molecule has 0 aromatic heterocycles. The van der Waals surface area contributed by atoms with Crippen molar-refractivity contribution in [1.29, 1.82) is 0 Å². The molecule has 2 N–H and O–H groups in total. The molecule has 10 heteroatoms. The number of sulfonamides is 1. The van der Waals surface area contributed by atoms with Crippen LogP contribution in [0.15, 0.2) is 52.3 Å². The summed E-state index contributed by atoms with van der Waals surface area (Å²) in [6, 6.07) is 9.67. The van der Waals surface area contributed by atoms with E-state index < -0.39 is 37.0 Å². The van der Waals surface area contributed by atoms with Gasteiger partial charge in [0.2, 0.25) is 0 Å². The Labute approximate surface area is 181 Å². The lowest BCUT2D eigenvalue weighted by molar-refractivity contribution is -0.162. The van der Waals surface area contributed by atoms with Crippen LogP contribution in [0.4, 0.5) is 10.1 Å². The normalized spacial score (nSPS) is 24.6. The number of alkyl halides is 1. The monoisotopic (exact) mass is 466 g/mol. The van der Waals surface area contributed by atoms with E-state index in [4.69, 9.17) is 0 Å². The highest BCUT2D eigenvalue weighted by Gasteiger charge is 2.69. The van der Waals surface area contributed by atoms with E-state index in [-0.39, 0.29) is 46.1 Å². The second-order valence-corrected chi connectivity index (χ2v) is 12.4. The first-order valence-corrected chi connectivity index (χ1v) is 13.0. The molecule has 3 saturated carbocycles. The molecule has 0 aliphatic heterocycles. The van der Waals surface area contributed by atoms with Gasteiger partial charge in [0.05, 0.1) is 26.8 Å². The zero-order chi connectivity index (χ0) is 22.7. The molecular weight excluding hydrogens is 443 g/mol. The van der Waals surface area contributed by atoms with Crippen LogP contribution >= 0.6 is 0 Å². The first-order chi connectivity index (χ1) is 14.4. The van der Waals surface area contributed by atoms with Gasteiger partial charge in [0.15, 0.2) is 9.84 Å². The van der Waals surface area contributed by atoms with Gasteiger partial charge in [0.25, 0.3) is 15.9 Å². The summed E-state index contributed by atoms with van der Waals surface area (Å²) in [7, 11) is -7.53. The molecule has 2 bridgehead atoms. The number of halogens is 1. The number of amides is 1. The molecule has 7 nitrogen and oxygen atoms in total. The van der Waals surface area contributed by atoms with E-state index in [1.165, 1.54) is 37.3 Å². The second-order valence-electron chi connectivity index (χ2n) is 8.45. The third kappa shape index (κ3) is 3.94. The van der Waals surface area contributed by atoms with Crippen molar-refractivity contribution < 1.29 is 26.0 Å². The Balaban J connectivity index is 1.58. The number of sulfone groups is 1. The van der Waals surface area contributed by atoms with Crippen molar-refractivity contribution in [1.82, 2.24) is 5.32 Å². The summed E-state index contributed by atoms with van der Waals surface area (Å²) in [4.78, 5) is 12.7. The van der Waals surface area contributed by atoms with Gasteiger partial charge in [-0.15, -0.1) is 0 Å². The van der Waals surface area contributed by atoms with Gasteiger partial charge in [-0.25, -0.2) is 21.2 Å².